The summed E-state index contributed by atoms with van der Waals surface area (Å²) in [4.78, 5) is 9.45. The first-order valence-electron chi connectivity index (χ1n) is 6.73. The number of hydrogen-bond donors (Lipinski definition) is 0. The van der Waals surface area contributed by atoms with E-state index in [0.29, 0.717) is 5.02 Å². The third-order valence-electron chi connectivity index (χ3n) is 3.52. The number of para-hydroxylation sites is 2. The molecular formula is C18H11ClN2. The fraction of sp³-hybridized carbons (Fsp3) is 0. The van der Waals surface area contributed by atoms with Crippen LogP contribution in [0.25, 0.3) is 33.2 Å². The van der Waals surface area contributed by atoms with E-state index in [1.807, 2.05) is 66.7 Å². The van der Waals surface area contributed by atoms with Gasteiger partial charge in [0.2, 0.25) is 0 Å². The molecule has 4 rings (SSSR count). The molecule has 1 aromatic heterocycles. The Bertz CT molecular complexity index is 949. The van der Waals surface area contributed by atoms with E-state index in [1.165, 1.54) is 0 Å². The Hall–Kier alpha value is -2.45. The van der Waals surface area contributed by atoms with Crippen LogP contribution in [0.3, 0.4) is 0 Å². The van der Waals surface area contributed by atoms with Crippen LogP contribution in [0.4, 0.5) is 0 Å². The first-order chi connectivity index (χ1) is 10.3. The lowest BCUT2D eigenvalue weighted by molar-refractivity contribution is 1.39. The first kappa shape index (κ1) is 12.3. The molecular weight excluding hydrogens is 280 g/mol. The maximum absolute atomic E-state index is 6.42. The van der Waals surface area contributed by atoms with Crippen LogP contribution in [0.5, 0.6) is 0 Å². The van der Waals surface area contributed by atoms with Crippen LogP contribution in [0.2, 0.25) is 5.02 Å². The minimum absolute atomic E-state index is 0.693. The predicted molar refractivity (Wildman–Crippen MR) is 87.5 cm³/mol. The van der Waals surface area contributed by atoms with Crippen molar-refractivity contribution in [1.29, 1.82) is 0 Å². The molecule has 21 heavy (non-hydrogen) atoms. The van der Waals surface area contributed by atoms with Gasteiger partial charge in [-0.05, 0) is 29.8 Å². The predicted octanol–water partition coefficient (Wildman–Crippen LogP) is 5.10. The van der Waals surface area contributed by atoms with E-state index >= 15 is 0 Å². The van der Waals surface area contributed by atoms with Crippen LogP contribution in [0.15, 0.2) is 66.7 Å². The molecule has 0 aliphatic heterocycles. The van der Waals surface area contributed by atoms with E-state index in [-0.39, 0.29) is 0 Å². The van der Waals surface area contributed by atoms with Gasteiger partial charge in [0.1, 0.15) is 0 Å². The summed E-state index contributed by atoms with van der Waals surface area (Å²) in [5.74, 6) is 0. The Kier molecular flexibility index (Phi) is 2.83. The molecule has 0 saturated heterocycles. The highest BCUT2D eigenvalue weighted by Crippen LogP contribution is 2.34. The second kappa shape index (κ2) is 4.83. The highest BCUT2D eigenvalue weighted by molar-refractivity contribution is 6.34. The third-order valence-corrected chi connectivity index (χ3v) is 3.84. The van der Waals surface area contributed by atoms with E-state index in [9.17, 15) is 0 Å². The lowest BCUT2D eigenvalue weighted by atomic mass is 10.0. The summed E-state index contributed by atoms with van der Waals surface area (Å²) in [6.45, 7) is 0. The van der Waals surface area contributed by atoms with Crippen molar-refractivity contribution in [3.05, 3.63) is 71.8 Å². The van der Waals surface area contributed by atoms with Crippen molar-refractivity contribution in [1.82, 2.24) is 9.97 Å². The molecule has 0 N–H and O–H groups in total. The monoisotopic (exact) mass is 290 g/mol. The van der Waals surface area contributed by atoms with Crippen LogP contribution in [0, 0.1) is 0 Å². The van der Waals surface area contributed by atoms with Gasteiger partial charge in [0.05, 0.1) is 27.1 Å². The van der Waals surface area contributed by atoms with E-state index in [4.69, 9.17) is 16.6 Å². The quantitative estimate of drug-likeness (QED) is 0.456. The number of aromatic nitrogens is 2. The standard InChI is InChI=1S/C18H11ClN2/c19-13-10-11-16-18(17(13)12-6-2-1-3-7-12)21-15-9-5-4-8-14(15)20-16/h1-11H. The van der Waals surface area contributed by atoms with Gasteiger partial charge in [-0.2, -0.15) is 0 Å². The Labute approximate surface area is 127 Å². The topological polar surface area (TPSA) is 25.8 Å². The number of fused-ring (bicyclic) bond motifs is 2. The lowest BCUT2D eigenvalue weighted by Gasteiger charge is -2.09. The minimum Gasteiger partial charge on any atom is -0.244 e. The molecule has 100 valence electrons. The Morgan fingerprint density at radius 1 is 0.619 bits per heavy atom. The van der Waals surface area contributed by atoms with Crippen molar-refractivity contribution < 1.29 is 0 Å². The van der Waals surface area contributed by atoms with Gasteiger partial charge < -0.3 is 0 Å². The third kappa shape index (κ3) is 2.05. The Balaban J connectivity index is 2.14. The van der Waals surface area contributed by atoms with Gasteiger partial charge in [-0.15, -0.1) is 0 Å². The molecule has 0 aliphatic rings. The molecule has 0 saturated carbocycles. The number of benzene rings is 3. The van der Waals surface area contributed by atoms with Gasteiger partial charge in [-0.1, -0.05) is 54.1 Å². The fourth-order valence-corrected chi connectivity index (χ4v) is 2.80. The van der Waals surface area contributed by atoms with Crippen molar-refractivity contribution in [2.24, 2.45) is 0 Å². The van der Waals surface area contributed by atoms with Gasteiger partial charge in [-0.3, -0.25) is 0 Å². The average molecular weight is 291 g/mol. The molecule has 0 atom stereocenters. The van der Waals surface area contributed by atoms with E-state index in [2.05, 4.69) is 4.98 Å². The van der Waals surface area contributed by atoms with Gasteiger partial charge in [0.15, 0.2) is 0 Å². The smallest absolute Gasteiger partial charge is 0.0987 e. The molecule has 0 aliphatic carbocycles. The molecule has 3 aromatic carbocycles. The SMILES string of the molecule is Clc1ccc2nc3ccccc3nc2c1-c1ccccc1. The summed E-state index contributed by atoms with van der Waals surface area (Å²) in [6.07, 6.45) is 0. The zero-order valence-electron chi connectivity index (χ0n) is 11.1. The van der Waals surface area contributed by atoms with Crippen LogP contribution in [-0.4, -0.2) is 9.97 Å². The molecule has 0 radical (unpaired) electrons. The zero-order chi connectivity index (χ0) is 14.2. The Morgan fingerprint density at radius 3 is 2.05 bits per heavy atom. The molecule has 0 bridgehead atoms. The molecule has 0 unspecified atom stereocenters. The number of hydrogen-bond acceptors (Lipinski definition) is 2. The highest BCUT2D eigenvalue weighted by atomic mass is 35.5. The van der Waals surface area contributed by atoms with Crippen molar-refractivity contribution in [3.63, 3.8) is 0 Å². The first-order valence-corrected chi connectivity index (χ1v) is 7.11. The summed E-state index contributed by atoms with van der Waals surface area (Å²) in [5.41, 5.74) is 5.46. The average Bonchev–Trinajstić information content (AvgIpc) is 2.54. The maximum atomic E-state index is 6.42. The second-order valence-corrected chi connectivity index (χ2v) is 5.28. The molecule has 3 heteroatoms. The Morgan fingerprint density at radius 2 is 1.29 bits per heavy atom. The number of rotatable bonds is 1. The highest BCUT2D eigenvalue weighted by Gasteiger charge is 2.11. The van der Waals surface area contributed by atoms with Crippen LogP contribution in [-0.2, 0) is 0 Å². The van der Waals surface area contributed by atoms with Crippen molar-refractivity contribution in [2.45, 2.75) is 0 Å². The van der Waals surface area contributed by atoms with Crippen LogP contribution < -0.4 is 0 Å². The van der Waals surface area contributed by atoms with Gasteiger partial charge in [0, 0.05) is 5.56 Å². The summed E-state index contributed by atoms with van der Waals surface area (Å²) < 4.78 is 0. The van der Waals surface area contributed by atoms with Gasteiger partial charge in [-0.25, -0.2) is 9.97 Å². The normalized spacial score (nSPS) is 11.1. The minimum atomic E-state index is 0.693. The zero-order valence-corrected chi connectivity index (χ0v) is 11.9. The molecule has 4 aromatic rings. The lowest BCUT2D eigenvalue weighted by Crippen LogP contribution is -1.91. The van der Waals surface area contributed by atoms with Gasteiger partial charge >= 0.3 is 0 Å². The van der Waals surface area contributed by atoms with Crippen LogP contribution >= 0.6 is 11.6 Å². The van der Waals surface area contributed by atoms with Crippen molar-refractivity contribution in [2.75, 3.05) is 0 Å². The summed E-state index contributed by atoms with van der Waals surface area (Å²) in [6, 6.07) is 21.7. The molecule has 0 amide bonds. The van der Waals surface area contributed by atoms with E-state index in [0.717, 1.165) is 33.2 Å². The van der Waals surface area contributed by atoms with E-state index in [1.54, 1.807) is 0 Å². The molecule has 2 nitrogen and oxygen atoms in total. The molecule has 1 heterocycles. The second-order valence-electron chi connectivity index (χ2n) is 4.87. The fourth-order valence-electron chi connectivity index (χ4n) is 2.54. The summed E-state index contributed by atoms with van der Waals surface area (Å²) in [5, 5.41) is 0.693. The number of halogens is 1. The largest absolute Gasteiger partial charge is 0.244 e. The van der Waals surface area contributed by atoms with E-state index < -0.39 is 0 Å². The summed E-state index contributed by atoms with van der Waals surface area (Å²) >= 11 is 6.42. The summed E-state index contributed by atoms with van der Waals surface area (Å²) in [7, 11) is 0. The molecule has 0 fully saturated rings. The van der Waals surface area contributed by atoms with Crippen molar-refractivity contribution in [3.8, 4) is 11.1 Å². The van der Waals surface area contributed by atoms with Crippen LogP contribution in [0.1, 0.15) is 0 Å². The number of nitrogens with zero attached hydrogens (tertiary/aromatic N) is 2. The maximum Gasteiger partial charge on any atom is 0.0987 e. The van der Waals surface area contributed by atoms with Crippen molar-refractivity contribution >= 4 is 33.7 Å². The molecule has 0 spiro atoms. The van der Waals surface area contributed by atoms with Gasteiger partial charge in [0.25, 0.3) is 0 Å².